The summed E-state index contributed by atoms with van der Waals surface area (Å²) in [5.74, 6) is 0.783. The van der Waals surface area contributed by atoms with Gasteiger partial charge in [-0.1, -0.05) is 0 Å². The number of carbonyl (C=O) groups is 1. The normalized spacial score (nSPS) is 30.3. The summed E-state index contributed by atoms with van der Waals surface area (Å²) < 4.78 is 11.5. The molecule has 7 nitrogen and oxygen atoms in total. The lowest BCUT2D eigenvalue weighted by Crippen LogP contribution is -2.59. The first-order chi connectivity index (χ1) is 15.6. The van der Waals surface area contributed by atoms with E-state index >= 15 is 0 Å². The van der Waals surface area contributed by atoms with Gasteiger partial charge in [0.25, 0.3) is 0 Å². The minimum atomic E-state index is -0.134. The third kappa shape index (κ3) is 5.48. The van der Waals surface area contributed by atoms with Crippen molar-refractivity contribution in [3.8, 4) is 11.8 Å². The van der Waals surface area contributed by atoms with E-state index in [9.17, 15) is 4.79 Å². The van der Waals surface area contributed by atoms with Gasteiger partial charge in [0.05, 0.1) is 37.3 Å². The number of carbonyl (C=O) groups excluding carboxylic acids is 1. The van der Waals surface area contributed by atoms with Crippen molar-refractivity contribution in [2.24, 2.45) is 11.8 Å². The lowest BCUT2D eigenvalue weighted by Gasteiger charge is -2.45. The van der Waals surface area contributed by atoms with Crippen LogP contribution in [0.15, 0.2) is 18.2 Å². The first kappa shape index (κ1) is 23.2. The molecule has 2 heterocycles. The number of nitriles is 1. The van der Waals surface area contributed by atoms with Crippen molar-refractivity contribution in [3.05, 3.63) is 23.8 Å². The molecule has 2 aliphatic heterocycles. The zero-order chi connectivity index (χ0) is 22.5. The molecule has 5 atom stereocenters. The third-order valence-electron chi connectivity index (χ3n) is 7.03. The lowest BCUT2D eigenvalue weighted by molar-refractivity contribution is -0.133. The van der Waals surface area contributed by atoms with Crippen LogP contribution in [0.25, 0.3) is 0 Å². The molecule has 3 aliphatic rings. The molecule has 8 heteroatoms. The number of nitrogens with one attached hydrogen (secondary N) is 2. The Labute approximate surface area is 195 Å². The molecule has 174 valence electrons. The molecule has 2 N–H and O–H groups in total. The van der Waals surface area contributed by atoms with Crippen molar-refractivity contribution in [1.29, 1.82) is 5.26 Å². The second-order valence-corrected chi connectivity index (χ2v) is 9.78. The molecule has 5 unspecified atom stereocenters. The van der Waals surface area contributed by atoms with Gasteiger partial charge in [0.1, 0.15) is 11.8 Å². The van der Waals surface area contributed by atoms with E-state index in [-0.39, 0.29) is 29.3 Å². The van der Waals surface area contributed by atoms with Gasteiger partial charge in [0.15, 0.2) is 0 Å². The fourth-order valence-corrected chi connectivity index (χ4v) is 5.71. The number of hydrogen-bond acceptors (Lipinski definition) is 6. The largest absolute Gasteiger partial charge is 0.495 e. The number of halogens is 1. The highest BCUT2D eigenvalue weighted by atomic mass is 35.5. The van der Waals surface area contributed by atoms with Gasteiger partial charge >= 0.3 is 0 Å². The van der Waals surface area contributed by atoms with Gasteiger partial charge in [-0.25, -0.2) is 0 Å². The van der Waals surface area contributed by atoms with Gasteiger partial charge in [-0.3, -0.25) is 4.79 Å². The number of benzene rings is 1. The topological polar surface area (TPSA) is 86.6 Å². The number of alkyl halides is 1. The van der Waals surface area contributed by atoms with Crippen LogP contribution in [0.1, 0.15) is 37.7 Å². The van der Waals surface area contributed by atoms with Gasteiger partial charge < -0.3 is 25.0 Å². The van der Waals surface area contributed by atoms with Crippen LogP contribution in [0.5, 0.6) is 5.75 Å². The predicted octanol–water partition coefficient (Wildman–Crippen LogP) is 2.98. The van der Waals surface area contributed by atoms with E-state index in [0.29, 0.717) is 30.4 Å². The fourth-order valence-electron chi connectivity index (χ4n) is 5.30. The highest BCUT2D eigenvalue weighted by Gasteiger charge is 2.44. The first-order valence-corrected chi connectivity index (χ1v) is 12.1. The second-order valence-electron chi connectivity index (χ2n) is 9.16. The SMILES string of the molecule is COc1cc(NCC2CC3CC(Cl)CC(OCCN4CCCC4)C3NC2=O)ccc1C#N. The van der Waals surface area contributed by atoms with E-state index < -0.39 is 0 Å². The molecule has 0 aromatic heterocycles. The van der Waals surface area contributed by atoms with Crippen LogP contribution in [0, 0.1) is 23.2 Å². The Balaban J connectivity index is 1.32. The number of methoxy groups -OCH3 is 1. The van der Waals surface area contributed by atoms with E-state index in [0.717, 1.165) is 44.6 Å². The fraction of sp³-hybridized carbons (Fsp3) is 0.667. The van der Waals surface area contributed by atoms with Crippen LogP contribution in [0.4, 0.5) is 5.69 Å². The summed E-state index contributed by atoms with van der Waals surface area (Å²) in [6, 6.07) is 7.51. The molecule has 1 amide bonds. The maximum atomic E-state index is 12.9. The number of hydrogen-bond donors (Lipinski definition) is 2. The summed E-state index contributed by atoms with van der Waals surface area (Å²) in [5.41, 5.74) is 1.32. The number of likely N-dealkylation sites (tertiary alicyclic amines) is 1. The van der Waals surface area contributed by atoms with Gasteiger partial charge in [-0.05, 0) is 63.2 Å². The number of ether oxygens (including phenoxy) is 2. The number of fused-ring (bicyclic) bond motifs is 1. The number of anilines is 1. The third-order valence-corrected chi connectivity index (χ3v) is 7.39. The van der Waals surface area contributed by atoms with Crippen molar-refractivity contribution in [3.63, 3.8) is 0 Å². The summed E-state index contributed by atoms with van der Waals surface area (Å²) in [6.07, 6.45) is 5.03. The first-order valence-electron chi connectivity index (χ1n) is 11.7. The molecule has 32 heavy (non-hydrogen) atoms. The van der Waals surface area contributed by atoms with Crippen LogP contribution in [0.2, 0.25) is 0 Å². The molecule has 1 saturated carbocycles. The van der Waals surface area contributed by atoms with Crippen molar-refractivity contribution in [2.45, 2.75) is 49.6 Å². The summed E-state index contributed by atoms with van der Waals surface area (Å²) in [4.78, 5) is 15.3. The monoisotopic (exact) mass is 460 g/mol. The second kappa shape index (κ2) is 10.7. The molecule has 1 aromatic rings. The summed E-state index contributed by atoms with van der Waals surface area (Å²) in [7, 11) is 1.55. The summed E-state index contributed by atoms with van der Waals surface area (Å²) in [6.45, 7) is 4.50. The van der Waals surface area contributed by atoms with Crippen LogP contribution < -0.4 is 15.4 Å². The smallest absolute Gasteiger partial charge is 0.225 e. The van der Waals surface area contributed by atoms with Gasteiger partial charge in [-0.2, -0.15) is 5.26 Å². The Hall–Kier alpha value is -2.01. The van der Waals surface area contributed by atoms with Crippen molar-refractivity contribution < 1.29 is 14.3 Å². The van der Waals surface area contributed by atoms with E-state index in [1.165, 1.54) is 12.8 Å². The van der Waals surface area contributed by atoms with E-state index in [4.69, 9.17) is 26.3 Å². The van der Waals surface area contributed by atoms with Crippen molar-refractivity contribution >= 4 is 23.2 Å². The Bertz CT molecular complexity index is 839. The Morgan fingerprint density at radius 2 is 2.09 bits per heavy atom. The molecular weight excluding hydrogens is 428 g/mol. The standard InChI is InChI=1S/C24H33ClN4O3/c1-31-21-13-20(5-4-16(21)14-26)27-15-18-10-17-11-19(25)12-22(23(17)28-24(18)30)32-9-8-29-6-2-3-7-29/h4-5,13,17-19,22-23,27H,2-3,6-12,15H2,1H3,(H,28,30). The van der Waals surface area contributed by atoms with Crippen LogP contribution >= 0.6 is 11.6 Å². The minimum absolute atomic E-state index is 0.0144. The van der Waals surface area contributed by atoms with Gasteiger partial charge in [0, 0.05) is 30.2 Å². The van der Waals surface area contributed by atoms with E-state index in [1.807, 2.05) is 6.07 Å². The summed E-state index contributed by atoms with van der Waals surface area (Å²) in [5, 5.41) is 15.8. The van der Waals surface area contributed by atoms with Gasteiger partial charge in [-0.15, -0.1) is 11.6 Å². The number of nitrogens with zero attached hydrogens (tertiary/aromatic N) is 2. The molecule has 4 rings (SSSR count). The Morgan fingerprint density at radius 1 is 1.28 bits per heavy atom. The number of rotatable bonds is 8. The van der Waals surface area contributed by atoms with Crippen LogP contribution in [-0.4, -0.2) is 68.2 Å². The molecule has 0 spiro atoms. The Kier molecular flexibility index (Phi) is 7.77. The molecular formula is C24H33ClN4O3. The van der Waals surface area contributed by atoms with Gasteiger partial charge in [0.2, 0.25) is 5.91 Å². The number of piperidine rings is 1. The quantitative estimate of drug-likeness (QED) is 0.580. The Morgan fingerprint density at radius 3 is 2.84 bits per heavy atom. The van der Waals surface area contributed by atoms with Crippen LogP contribution in [-0.2, 0) is 9.53 Å². The van der Waals surface area contributed by atoms with E-state index in [2.05, 4.69) is 21.6 Å². The highest BCUT2D eigenvalue weighted by Crippen LogP contribution is 2.37. The average Bonchev–Trinajstić information content (AvgIpc) is 3.31. The van der Waals surface area contributed by atoms with Crippen molar-refractivity contribution in [1.82, 2.24) is 10.2 Å². The molecule has 0 bridgehead atoms. The average molecular weight is 461 g/mol. The molecule has 0 radical (unpaired) electrons. The maximum Gasteiger partial charge on any atom is 0.225 e. The predicted molar refractivity (Wildman–Crippen MR) is 124 cm³/mol. The molecule has 2 saturated heterocycles. The van der Waals surface area contributed by atoms with E-state index in [1.54, 1.807) is 19.2 Å². The van der Waals surface area contributed by atoms with Crippen molar-refractivity contribution in [2.75, 3.05) is 45.2 Å². The number of amides is 1. The minimum Gasteiger partial charge on any atom is -0.495 e. The summed E-state index contributed by atoms with van der Waals surface area (Å²) >= 11 is 6.60. The zero-order valence-corrected chi connectivity index (χ0v) is 19.4. The maximum absolute atomic E-state index is 12.9. The molecule has 1 aliphatic carbocycles. The lowest BCUT2D eigenvalue weighted by atomic mass is 9.74. The molecule has 3 fully saturated rings. The zero-order valence-electron chi connectivity index (χ0n) is 18.7. The molecule has 1 aromatic carbocycles. The van der Waals surface area contributed by atoms with Crippen LogP contribution in [0.3, 0.4) is 0 Å². The highest BCUT2D eigenvalue weighted by molar-refractivity contribution is 6.20.